The molecule has 0 unspecified atom stereocenters. The highest BCUT2D eigenvalue weighted by Crippen LogP contribution is 2.25. The van der Waals surface area contributed by atoms with E-state index in [0.717, 1.165) is 28.5 Å². The van der Waals surface area contributed by atoms with E-state index in [0.29, 0.717) is 71.0 Å². The van der Waals surface area contributed by atoms with Gasteiger partial charge >= 0.3 is 0 Å². The molecule has 0 aliphatic carbocycles. The summed E-state index contributed by atoms with van der Waals surface area (Å²) in [7, 11) is 0. The van der Waals surface area contributed by atoms with Crippen LogP contribution in [0.1, 0.15) is 305 Å². The Kier molecular flexibility index (Phi) is 29.4. The minimum absolute atomic E-state index is 0.464. The maximum absolute atomic E-state index is 4.92. The third-order valence-corrected chi connectivity index (χ3v) is 11.7. The van der Waals surface area contributed by atoms with Crippen LogP contribution in [0.4, 0.5) is 0 Å². The van der Waals surface area contributed by atoms with Gasteiger partial charge in [-0.05, 0) is 118 Å². The maximum atomic E-state index is 4.92. The summed E-state index contributed by atoms with van der Waals surface area (Å²) in [6.07, 6.45) is 12.9. The van der Waals surface area contributed by atoms with Gasteiger partial charge in [-0.15, -0.1) is 0 Å². The molecule has 0 bridgehead atoms. The minimum Gasteiger partial charge on any atom is -0.364 e. The van der Waals surface area contributed by atoms with Crippen molar-refractivity contribution < 1.29 is 4.52 Å². The van der Waals surface area contributed by atoms with Crippen LogP contribution < -0.4 is 0 Å². The molecule has 6 aromatic rings. The molecule has 0 radical (unpaired) electrons. The van der Waals surface area contributed by atoms with Gasteiger partial charge in [-0.25, -0.2) is 9.97 Å². The minimum atomic E-state index is 0.464. The average Bonchev–Trinajstić information content (AvgIpc) is 3.84. The Morgan fingerprint density at radius 3 is 1.10 bits per heavy atom. The molecule has 0 saturated carbocycles. The van der Waals surface area contributed by atoms with Crippen LogP contribution in [0.5, 0.6) is 0 Å². The molecule has 0 saturated heterocycles. The Balaban J connectivity index is 0.000000426. The second-order valence-corrected chi connectivity index (χ2v) is 22.3. The SMILES string of the molecule is CC(C)c1cc(C(C)C)ncn1.CC(C)c1cccc(C(C)C)n1.CC(C)c1ccnc(C(C)C)c1.CC(C)c1cncc(C(C)C)c1.CC(C)c1cncc(C(C)C)n1.CC(C)c1conc1C(C)C. The lowest BCUT2D eigenvalue weighted by Crippen LogP contribution is -2.00. The Bertz CT molecular complexity index is 1880. The van der Waals surface area contributed by atoms with Gasteiger partial charge in [0.25, 0.3) is 0 Å². The normalized spacial score (nSPS) is 11.2. The molecule has 71 heavy (non-hydrogen) atoms. The van der Waals surface area contributed by atoms with Gasteiger partial charge in [0.15, 0.2) is 0 Å². The molecule has 0 spiro atoms. The van der Waals surface area contributed by atoms with E-state index in [2.05, 4.69) is 249 Å². The zero-order chi connectivity index (χ0) is 54.1. The number of rotatable bonds is 12. The van der Waals surface area contributed by atoms with Crippen molar-refractivity contribution in [1.29, 1.82) is 0 Å². The van der Waals surface area contributed by atoms with Gasteiger partial charge in [0.1, 0.15) is 12.6 Å². The van der Waals surface area contributed by atoms with Crippen LogP contribution in [0.3, 0.4) is 0 Å². The molecule has 6 aromatic heterocycles. The monoisotopic (exact) mass is 971 g/mol. The summed E-state index contributed by atoms with van der Waals surface area (Å²) >= 11 is 0. The topological polar surface area (TPSA) is 116 Å². The molecule has 0 aliphatic rings. The fourth-order valence-electron chi connectivity index (χ4n) is 6.46. The molecule has 0 N–H and O–H groups in total. The number of aromatic nitrogens is 8. The lowest BCUT2D eigenvalue weighted by Gasteiger charge is -2.09. The zero-order valence-corrected chi connectivity index (χ0v) is 49.0. The zero-order valence-electron chi connectivity index (χ0n) is 49.0. The summed E-state index contributed by atoms with van der Waals surface area (Å²) in [5.74, 6) is 6.25. The lowest BCUT2D eigenvalue weighted by molar-refractivity contribution is 0.408. The molecule has 392 valence electrons. The van der Waals surface area contributed by atoms with E-state index in [1.807, 2.05) is 31.0 Å². The molecule has 6 rings (SSSR count). The molecule has 9 heteroatoms. The van der Waals surface area contributed by atoms with Crippen LogP contribution in [-0.4, -0.2) is 40.0 Å². The van der Waals surface area contributed by atoms with Gasteiger partial charge in [-0.2, -0.15) is 0 Å². The van der Waals surface area contributed by atoms with Crippen LogP contribution >= 0.6 is 0 Å². The second kappa shape index (κ2) is 32.7. The van der Waals surface area contributed by atoms with Crippen molar-refractivity contribution >= 4 is 0 Å². The lowest BCUT2D eigenvalue weighted by atomic mass is 9.98. The van der Waals surface area contributed by atoms with Crippen LogP contribution in [0.25, 0.3) is 0 Å². The first-order valence-corrected chi connectivity index (χ1v) is 26.6. The molecule has 0 aliphatic heterocycles. The van der Waals surface area contributed by atoms with Crippen LogP contribution in [0, 0.1) is 0 Å². The predicted molar refractivity (Wildman–Crippen MR) is 302 cm³/mol. The third kappa shape index (κ3) is 24.2. The first-order chi connectivity index (χ1) is 33.2. The van der Waals surface area contributed by atoms with Crippen molar-refractivity contribution in [3.05, 3.63) is 154 Å². The van der Waals surface area contributed by atoms with E-state index in [1.165, 1.54) is 39.3 Å². The Morgan fingerprint density at radius 2 is 0.732 bits per heavy atom. The standard InChI is InChI=1S/3C11H17N.2C10H16N2.C9H15NO/c1-8(2)10-5-11(9(3)4)7-12-6-10;1-8(2)10-5-6-12-11(7-10)9(3)4;1-8(2)10-6-5-7-11(12-10)9(3)4;1-7(2)9-5-11-6-10(12-9)8(3)4;1-7(2)9-5-10(8(3)4)12-6-11-9;1-6(2)8-5-11-10-9(8)7(3)4/h3*5-9H,1-4H3;2*5-8H,1-4H3;5-7H,1-4H3. The first-order valence-electron chi connectivity index (χ1n) is 26.6. The summed E-state index contributed by atoms with van der Waals surface area (Å²) in [5, 5.41) is 3.96. The largest absolute Gasteiger partial charge is 0.364 e. The van der Waals surface area contributed by atoms with Crippen molar-refractivity contribution in [1.82, 2.24) is 40.0 Å². The van der Waals surface area contributed by atoms with E-state index in [9.17, 15) is 0 Å². The van der Waals surface area contributed by atoms with Crippen LogP contribution in [0.15, 0.2) is 90.6 Å². The fourth-order valence-corrected chi connectivity index (χ4v) is 6.46. The highest BCUT2D eigenvalue weighted by Gasteiger charge is 2.14. The van der Waals surface area contributed by atoms with Crippen LogP contribution in [0.2, 0.25) is 0 Å². The molecule has 0 aromatic carbocycles. The highest BCUT2D eigenvalue weighted by molar-refractivity contribution is 5.24. The van der Waals surface area contributed by atoms with E-state index >= 15 is 0 Å². The number of hydrogen-bond donors (Lipinski definition) is 0. The molecule has 0 atom stereocenters. The highest BCUT2D eigenvalue weighted by atomic mass is 16.5. The van der Waals surface area contributed by atoms with E-state index in [1.54, 1.807) is 12.6 Å². The van der Waals surface area contributed by atoms with Gasteiger partial charge in [0, 0.05) is 65.0 Å². The summed E-state index contributed by atoms with van der Waals surface area (Å²) in [6, 6.07) is 14.9. The van der Waals surface area contributed by atoms with Gasteiger partial charge in [-0.3, -0.25) is 24.9 Å². The van der Waals surface area contributed by atoms with Crippen molar-refractivity contribution in [3.63, 3.8) is 0 Å². The quantitative estimate of drug-likeness (QED) is 0.118. The average molecular weight is 972 g/mol. The van der Waals surface area contributed by atoms with Crippen molar-refractivity contribution in [2.24, 2.45) is 0 Å². The Hall–Kier alpha value is -5.18. The number of pyridine rings is 3. The van der Waals surface area contributed by atoms with E-state index in [4.69, 9.17) is 4.52 Å². The predicted octanol–water partition coefficient (Wildman–Crippen LogP) is 18.4. The maximum Gasteiger partial charge on any atom is 0.127 e. The van der Waals surface area contributed by atoms with Gasteiger partial charge in [0.2, 0.25) is 0 Å². The van der Waals surface area contributed by atoms with Crippen LogP contribution in [-0.2, 0) is 0 Å². The first kappa shape index (κ1) is 63.8. The van der Waals surface area contributed by atoms with Crippen molar-refractivity contribution in [2.75, 3.05) is 0 Å². The Labute approximate surface area is 433 Å². The third-order valence-electron chi connectivity index (χ3n) is 11.7. The van der Waals surface area contributed by atoms with Crippen molar-refractivity contribution in [2.45, 2.75) is 237 Å². The van der Waals surface area contributed by atoms with Gasteiger partial charge in [-0.1, -0.05) is 183 Å². The number of nitrogens with zero attached hydrogens (tertiary/aromatic N) is 8. The summed E-state index contributed by atoms with van der Waals surface area (Å²) in [5.41, 5.74) is 14.4. The summed E-state index contributed by atoms with van der Waals surface area (Å²) in [6.45, 7) is 51.9. The molecular weight excluding hydrogens is 873 g/mol. The van der Waals surface area contributed by atoms with E-state index in [-0.39, 0.29) is 0 Å². The summed E-state index contributed by atoms with van der Waals surface area (Å²) < 4.78 is 4.92. The smallest absolute Gasteiger partial charge is 0.127 e. The molecule has 9 nitrogen and oxygen atoms in total. The van der Waals surface area contributed by atoms with Gasteiger partial charge in [0.05, 0.1) is 17.1 Å². The molecule has 0 fully saturated rings. The second-order valence-electron chi connectivity index (χ2n) is 22.3. The fraction of sp³-hybridized carbons (Fsp3) is 0.581. The molecule has 6 heterocycles. The molecule has 0 amide bonds. The summed E-state index contributed by atoms with van der Waals surface area (Å²) in [4.78, 5) is 30.2. The number of hydrogen-bond acceptors (Lipinski definition) is 9. The van der Waals surface area contributed by atoms with Crippen molar-refractivity contribution in [3.8, 4) is 0 Å². The van der Waals surface area contributed by atoms with Gasteiger partial charge < -0.3 is 4.52 Å². The Morgan fingerprint density at radius 1 is 0.338 bits per heavy atom. The molecular formula is C62H98N8O. The van der Waals surface area contributed by atoms with E-state index < -0.39 is 0 Å².